The lowest BCUT2D eigenvalue weighted by Gasteiger charge is -2.24. The molecule has 4 heteroatoms. The van der Waals surface area contributed by atoms with E-state index >= 15 is 0 Å². The highest BCUT2D eigenvalue weighted by Gasteiger charge is 2.49. The van der Waals surface area contributed by atoms with Gasteiger partial charge in [-0.25, -0.2) is 8.78 Å². The van der Waals surface area contributed by atoms with Crippen LogP contribution < -0.4 is 10.5 Å². The Morgan fingerprint density at radius 1 is 1.39 bits per heavy atom. The van der Waals surface area contributed by atoms with Crippen LogP contribution >= 0.6 is 0 Å². The Morgan fingerprint density at radius 2 is 2.00 bits per heavy atom. The number of rotatable bonds is 4. The van der Waals surface area contributed by atoms with E-state index in [9.17, 15) is 8.78 Å². The monoisotopic (exact) mass is 255 g/mol. The van der Waals surface area contributed by atoms with Crippen LogP contribution in [0.4, 0.5) is 8.78 Å². The first kappa shape index (κ1) is 13.3. The molecule has 0 spiro atoms. The highest BCUT2D eigenvalue weighted by atomic mass is 19.3. The molecule has 2 nitrogen and oxygen atoms in total. The molecule has 1 saturated carbocycles. The summed E-state index contributed by atoms with van der Waals surface area (Å²) < 4.78 is 32.1. The Bertz CT molecular complexity index is 448. The summed E-state index contributed by atoms with van der Waals surface area (Å²) in [4.78, 5) is 0. The SMILES string of the molecule is COc1ccc(C(C)(F)F)cc1C1(C(C)N)CC1. The van der Waals surface area contributed by atoms with Crippen LogP contribution in [0.15, 0.2) is 18.2 Å². The van der Waals surface area contributed by atoms with Crippen LogP contribution in [0, 0.1) is 0 Å². The van der Waals surface area contributed by atoms with Gasteiger partial charge in [-0.15, -0.1) is 0 Å². The van der Waals surface area contributed by atoms with Crippen molar-refractivity contribution in [3.05, 3.63) is 29.3 Å². The molecule has 1 aromatic rings. The normalized spacial score (nSPS) is 19.4. The summed E-state index contributed by atoms with van der Waals surface area (Å²) in [7, 11) is 1.56. The van der Waals surface area contributed by atoms with Crippen LogP contribution in [0.2, 0.25) is 0 Å². The van der Waals surface area contributed by atoms with Crippen LogP contribution in [0.3, 0.4) is 0 Å². The van der Waals surface area contributed by atoms with Gasteiger partial charge in [-0.1, -0.05) is 0 Å². The van der Waals surface area contributed by atoms with Crippen LogP contribution in [0.1, 0.15) is 37.8 Å². The van der Waals surface area contributed by atoms with E-state index < -0.39 is 5.92 Å². The van der Waals surface area contributed by atoms with Crippen LogP contribution in [0.5, 0.6) is 5.75 Å². The van der Waals surface area contributed by atoms with Gasteiger partial charge in [0.15, 0.2) is 0 Å². The summed E-state index contributed by atoms with van der Waals surface area (Å²) in [5.74, 6) is -2.19. The Balaban J connectivity index is 2.51. The largest absolute Gasteiger partial charge is 0.496 e. The molecule has 0 radical (unpaired) electrons. The van der Waals surface area contributed by atoms with Gasteiger partial charge in [-0.3, -0.25) is 0 Å². The molecule has 0 aliphatic heterocycles. The van der Waals surface area contributed by atoms with Gasteiger partial charge in [0, 0.05) is 29.5 Å². The van der Waals surface area contributed by atoms with Crippen molar-refractivity contribution in [1.82, 2.24) is 0 Å². The first-order valence-electron chi connectivity index (χ1n) is 6.13. The van der Waals surface area contributed by atoms with Crippen molar-refractivity contribution in [2.24, 2.45) is 5.73 Å². The average Bonchev–Trinajstić information content (AvgIpc) is 3.08. The van der Waals surface area contributed by atoms with E-state index in [-0.39, 0.29) is 17.0 Å². The van der Waals surface area contributed by atoms with Gasteiger partial charge in [0.2, 0.25) is 0 Å². The predicted octanol–water partition coefficient (Wildman–Crippen LogP) is 3.19. The van der Waals surface area contributed by atoms with Gasteiger partial charge in [-0.05, 0) is 38.0 Å². The Labute approximate surface area is 106 Å². The zero-order valence-corrected chi connectivity index (χ0v) is 11.0. The summed E-state index contributed by atoms with van der Waals surface area (Å²) >= 11 is 0. The van der Waals surface area contributed by atoms with E-state index in [1.807, 2.05) is 6.92 Å². The van der Waals surface area contributed by atoms with E-state index in [1.54, 1.807) is 19.2 Å². The fourth-order valence-corrected chi connectivity index (χ4v) is 2.47. The zero-order chi connectivity index (χ0) is 13.6. The molecule has 100 valence electrons. The standard InChI is InChI=1S/C14H19F2NO/c1-9(17)14(6-7-14)11-8-10(13(2,15)16)4-5-12(11)18-3/h4-5,8-9H,6-7,17H2,1-3H3. The number of hydrogen-bond acceptors (Lipinski definition) is 2. The molecule has 1 atom stereocenters. The van der Waals surface area contributed by atoms with E-state index in [4.69, 9.17) is 10.5 Å². The van der Waals surface area contributed by atoms with Gasteiger partial charge in [0.05, 0.1) is 7.11 Å². The molecular formula is C14H19F2NO. The third kappa shape index (κ3) is 2.09. The molecule has 0 amide bonds. The van der Waals surface area contributed by atoms with Crippen molar-refractivity contribution in [3.8, 4) is 5.75 Å². The molecule has 2 N–H and O–H groups in total. The van der Waals surface area contributed by atoms with Gasteiger partial charge >= 0.3 is 0 Å². The third-order valence-electron chi connectivity index (χ3n) is 3.90. The van der Waals surface area contributed by atoms with E-state index in [0.29, 0.717) is 5.75 Å². The molecule has 1 unspecified atom stereocenters. The summed E-state index contributed by atoms with van der Waals surface area (Å²) in [5.41, 5.74) is 6.65. The Kier molecular flexibility index (Phi) is 3.09. The number of halogens is 2. The van der Waals surface area contributed by atoms with E-state index in [2.05, 4.69) is 0 Å². The summed E-state index contributed by atoms with van der Waals surface area (Å²) in [6.45, 7) is 2.83. The van der Waals surface area contributed by atoms with E-state index in [0.717, 1.165) is 25.3 Å². The minimum Gasteiger partial charge on any atom is -0.496 e. The number of methoxy groups -OCH3 is 1. The molecule has 18 heavy (non-hydrogen) atoms. The van der Waals surface area contributed by atoms with Crippen molar-refractivity contribution in [3.63, 3.8) is 0 Å². The lowest BCUT2D eigenvalue weighted by molar-refractivity contribution is 0.0173. The minimum atomic E-state index is -2.84. The second-order valence-corrected chi connectivity index (χ2v) is 5.25. The van der Waals surface area contributed by atoms with Gasteiger partial charge < -0.3 is 10.5 Å². The Hall–Kier alpha value is -1.16. The zero-order valence-electron chi connectivity index (χ0n) is 11.0. The summed E-state index contributed by atoms with van der Waals surface area (Å²) in [6.07, 6.45) is 1.86. The van der Waals surface area contributed by atoms with Gasteiger partial charge in [0.25, 0.3) is 5.92 Å². The predicted molar refractivity (Wildman–Crippen MR) is 67.1 cm³/mol. The number of hydrogen-bond donors (Lipinski definition) is 1. The molecule has 0 heterocycles. The third-order valence-corrected chi connectivity index (χ3v) is 3.90. The second-order valence-electron chi connectivity index (χ2n) is 5.25. The Morgan fingerprint density at radius 3 is 2.39 bits per heavy atom. The lowest BCUT2D eigenvalue weighted by atomic mass is 9.87. The summed E-state index contributed by atoms with van der Waals surface area (Å²) in [5, 5.41) is 0. The topological polar surface area (TPSA) is 35.2 Å². The van der Waals surface area contributed by atoms with E-state index in [1.165, 1.54) is 6.07 Å². The van der Waals surface area contributed by atoms with Crippen molar-refractivity contribution in [2.45, 2.75) is 44.1 Å². The number of nitrogens with two attached hydrogens (primary N) is 1. The highest BCUT2D eigenvalue weighted by Crippen LogP contribution is 2.53. The maximum Gasteiger partial charge on any atom is 0.270 e. The molecule has 1 aliphatic rings. The average molecular weight is 255 g/mol. The van der Waals surface area contributed by atoms with Gasteiger partial charge in [0.1, 0.15) is 5.75 Å². The molecule has 1 aromatic carbocycles. The molecule has 0 saturated heterocycles. The fraction of sp³-hybridized carbons (Fsp3) is 0.571. The maximum absolute atomic E-state index is 13.4. The first-order chi connectivity index (χ1) is 8.31. The lowest BCUT2D eigenvalue weighted by Crippen LogP contribution is -2.32. The van der Waals surface area contributed by atoms with Crippen molar-refractivity contribution in [1.29, 1.82) is 0 Å². The molecule has 1 fully saturated rings. The summed E-state index contributed by atoms with van der Waals surface area (Å²) in [6, 6.07) is 4.52. The molecule has 1 aliphatic carbocycles. The van der Waals surface area contributed by atoms with Gasteiger partial charge in [-0.2, -0.15) is 0 Å². The fourth-order valence-electron chi connectivity index (χ4n) is 2.47. The van der Waals surface area contributed by atoms with Crippen molar-refractivity contribution < 1.29 is 13.5 Å². The van der Waals surface area contributed by atoms with Crippen LogP contribution in [-0.2, 0) is 11.3 Å². The molecule has 0 bridgehead atoms. The van der Waals surface area contributed by atoms with Crippen molar-refractivity contribution >= 4 is 0 Å². The minimum absolute atomic E-state index is 0.0187. The quantitative estimate of drug-likeness (QED) is 0.896. The maximum atomic E-state index is 13.4. The first-order valence-corrected chi connectivity index (χ1v) is 6.13. The number of benzene rings is 1. The molecular weight excluding hydrogens is 236 g/mol. The number of ether oxygens (including phenoxy) is 1. The van der Waals surface area contributed by atoms with Crippen LogP contribution in [0.25, 0.3) is 0 Å². The number of alkyl halides is 2. The second kappa shape index (κ2) is 4.19. The van der Waals surface area contributed by atoms with Crippen LogP contribution in [-0.4, -0.2) is 13.2 Å². The van der Waals surface area contributed by atoms with Crippen molar-refractivity contribution in [2.75, 3.05) is 7.11 Å². The highest BCUT2D eigenvalue weighted by molar-refractivity contribution is 5.47. The molecule has 2 rings (SSSR count). The molecule has 0 aromatic heterocycles. The smallest absolute Gasteiger partial charge is 0.270 e.